The van der Waals surface area contributed by atoms with Gasteiger partial charge in [0.1, 0.15) is 0 Å². The van der Waals surface area contributed by atoms with Crippen molar-refractivity contribution in [1.29, 1.82) is 0 Å². The lowest BCUT2D eigenvalue weighted by Gasteiger charge is -2.14. The number of carboxylic acids is 1. The molecular weight excluding hydrogens is 375 g/mol. The van der Waals surface area contributed by atoms with Crippen LogP contribution in [0.5, 0.6) is 0 Å². The molecule has 2 aromatic rings. The maximum Gasteiger partial charge on any atom is 0.490 e. The predicted molar refractivity (Wildman–Crippen MR) is 97.5 cm³/mol. The molecule has 2 aromatic heterocycles. The molecule has 0 saturated carbocycles. The first-order valence-corrected chi connectivity index (χ1v) is 8.93. The molecule has 3 rings (SSSR count). The molecule has 1 saturated heterocycles. The Morgan fingerprint density at radius 2 is 1.86 bits per heavy atom. The molecule has 1 fully saturated rings. The van der Waals surface area contributed by atoms with Crippen LogP contribution in [0, 0.1) is 0 Å². The standard InChI is InChI=1S/C16H23N5.C2HF3O2/c1-20-13-15(12-18-8-11-21-9-2-3-10-21)16(19-20)14-4-6-17-7-5-14;3-2(4,5)1(6)7/h4-7,13,18H,2-3,8-12H2,1H3;(H,6,7). The van der Waals surface area contributed by atoms with Gasteiger partial charge in [0.25, 0.3) is 0 Å². The first kappa shape index (κ1) is 21.8. The van der Waals surface area contributed by atoms with E-state index in [0.717, 1.165) is 30.9 Å². The quantitative estimate of drug-likeness (QED) is 0.726. The summed E-state index contributed by atoms with van der Waals surface area (Å²) >= 11 is 0. The molecule has 154 valence electrons. The highest BCUT2D eigenvalue weighted by Gasteiger charge is 2.38. The van der Waals surface area contributed by atoms with Gasteiger partial charge in [-0.15, -0.1) is 0 Å². The van der Waals surface area contributed by atoms with Crippen LogP contribution >= 0.6 is 0 Å². The number of pyridine rings is 1. The number of nitrogens with one attached hydrogen (secondary N) is 1. The molecule has 0 atom stereocenters. The molecule has 0 aromatic carbocycles. The zero-order valence-electron chi connectivity index (χ0n) is 15.6. The normalized spacial score (nSPS) is 14.6. The Hall–Kier alpha value is -2.46. The van der Waals surface area contributed by atoms with E-state index in [9.17, 15) is 13.2 Å². The molecule has 1 aliphatic heterocycles. The second kappa shape index (κ2) is 10.2. The third-order valence-electron chi connectivity index (χ3n) is 4.22. The third kappa shape index (κ3) is 6.93. The molecule has 0 radical (unpaired) electrons. The number of nitrogens with zero attached hydrogens (tertiary/aromatic N) is 4. The SMILES string of the molecule is Cn1cc(CNCCN2CCCC2)c(-c2ccncc2)n1.O=C(O)C(F)(F)F. The van der Waals surface area contributed by atoms with Gasteiger partial charge >= 0.3 is 12.1 Å². The molecule has 1 aliphatic rings. The second-order valence-electron chi connectivity index (χ2n) is 6.44. The number of aryl methyl sites for hydroxylation is 1. The summed E-state index contributed by atoms with van der Waals surface area (Å²) in [5.41, 5.74) is 3.42. The molecule has 3 heterocycles. The fourth-order valence-electron chi connectivity index (χ4n) is 2.89. The first-order valence-electron chi connectivity index (χ1n) is 8.93. The van der Waals surface area contributed by atoms with E-state index < -0.39 is 12.1 Å². The monoisotopic (exact) mass is 399 g/mol. The fourth-order valence-corrected chi connectivity index (χ4v) is 2.89. The molecule has 10 heteroatoms. The average Bonchev–Trinajstić information content (AvgIpc) is 3.29. The Bertz CT molecular complexity index is 743. The van der Waals surface area contributed by atoms with Crippen molar-refractivity contribution in [3.63, 3.8) is 0 Å². The summed E-state index contributed by atoms with van der Waals surface area (Å²) in [5, 5.41) is 15.2. The van der Waals surface area contributed by atoms with Gasteiger partial charge in [0.05, 0.1) is 5.69 Å². The van der Waals surface area contributed by atoms with Gasteiger partial charge in [-0.2, -0.15) is 18.3 Å². The molecule has 28 heavy (non-hydrogen) atoms. The fraction of sp³-hybridized carbons (Fsp3) is 0.500. The Labute approximate surface area is 161 Å². The third-order valence-corrected chi connectivity index (χ3v) is 4.22. The number of hydrogen-bond acceptors (Lipinski definition) is 5. The summed E-state index contributed by atoms with van der Waals surface area (Å²) in [5.74, 6) is -2.76. The first-order chi connectivity index (χ1) is 13.3. The highest BCUT2D eigenvalue weighted by molar-refractivity contribution is 5.73. The zero-order chi connectivity index (χ0) is 20.6. The topological polar surface area (TPSA) is 83.3 Å². The van der Waals surface area contributed by atoms with Crippen molar-refractivity contribution in [2.45, 2.75) is 25.6 Å². The minimum Gasteiger partial charge on any atom is -0.475 e. The van der Waals surface area contributed by atoms with E-state index in [2.05, 4.69) is 26.5 Å². The van der Waals surface area contributed by atoms with E-state index in [1.54, 1.807) is 0 Å². The molecule has 0 bridgehead atoms. The molecule has 7 nitrogen and oxygen atoms in total. The van der Waals surface area contributed by atoms with Crippen molar-refractivity contribution < 1.29 is 23.1 Å². The lowest BCUT2D eigenvalue weighted by molar-refractivity contribution is -0.192. The lowest BCUT2D eigenvalue weighted by atomic mass is 10.1. The van der Waals surface area contributed by atoms with Crippen molar-refractivity contribution >= 4 is 5.97 Å². The predicted octanol–water partition coefficient (Wildman–Crippen LogP) is 2.30. The van der Waals surface area contributed by atoms with Gasteiger partial charge < -0.3 is 15.3 Å². The summed E-state index contributed by atoms with van der Waals surface area (Å²) in [6.07, 6.45) is 3.35. The van der Waals surface area contributed by atoms with Gasteiger partial charge in [0.2, 0.25) is 0 Å². The minimum absolute atomic E-state index is 0.860. The van der Waals surface area contributed by atoms with E-state index in [0.29, 0.717) is 0 Å². The Kier molecular flexibility index (Phi) is 7.94. The van der Waals surface area contributed by atoms with Crippen LogP contribution in [0.15, 0.2) is 30.7 Å². The molecule has 0 spiro atoms. The van der Waals surface area contributed by atoms with Gasteiger partial charge in [-0.3, -0.25) is 9.67 Å². The second-order valence-corrected chi connectivity index (χ2v) is 6.44. The summed E-state index contributed by atoms with van der Waals surface area (Å²) < 4.78 is 33.6. The minimum atomic E-state index is -5.08. The van der Waals surface area contributed by atoms with Gasteiger partial charge in [-0.05, 0) is 38.1 Å². The maximum atomic E-state index is 10.6. The maximum absolute atomic E-state index is 10.6. The number of aliphatic carboxylic acids is 1. The van der Waals surface area contributed by atoms with Crippen molar-refractivity contribution in [2.24, 2.45) is 7.05 Å². The van der Waals surface area contributed by atoms with Gasteiger partial charge in [-0.1, -0.05) is 0 Å². The van der Waals surface area contributed by atoms with E-state index in [4.69, 9.17) is 9.90 Å². The van der Waals surface area contributed by atoms with Crippen LogP contribution in [0.2, 0.25) is 0 Å². The zero-order valence-corrected chi connectivity index (χ0v) is 15.6. The van der Waals surface area contributed by atoms with Crippen LogP contribution < -0.4 is 5.32 Å². The number of halogens is 3. The number of aromatic nitrogens is 3. The Morgan fingerprint density at radius 1 is 1.25 bits per heavy atom. The molecule has 0 aliphatic carbocycles. The smallest absolute Gasteiger partial charge is 0.475 e. The number of hydrogen-bond donors (Lipinski definition) is 2. The van der Waals surface area contributed by atoms with Crippen LogP contribution in [0.3, 0.4) is 0 Å². The van der Waals surface area contributed by atoms with E-state index in [1.807, 2.05) is 36.3 Å². The van der Waals surface area contributed by atoms with Crippen molar-refractivity contribution in [3.05, 3.63) is 36.3 Å². The molecule has 2 N–H and O–H groups in total. The molecular formula is C18H24F3N5O2. The van der Waals surface area contributed by atoms with Gasteiger partial charge in [0.15, 0.2) is 0 Å². The van der Waals surface area contributed by atoms with E-state index in [1.165, 1.54) is 31.5 Å². The largest absolute Gasteiger partial charge is 0.490 e. The molecule has 0 amide bonds. The van der Waals surface area contributed by atoms with Crippen molar-refractivity contribution in [2.75, 3.05) is 26.2 Å². The molecule has 0 unspecified atom stereocenters. The summed E-state index contributed by atoms with van der Waals surface area (Å²) in [4.78, 5) is 15.5. The Balaban J connectivity index is 0.000000345. The average molecular weight is 399 g/mol. The van der Waals surface area contributed by atoms with Crippen LogP contribution in [0.1, 0.15) is 18.4 Å². The van der Waals surface area contributed by atoms with Crippen LogP contribution in [-0.4, -0.2) is 63.1 Å². The summed E-state index contributed by atoms with van der Waals surface area (Å²) in [6.45, 7) is 5.56. The van der Waals surface area contributed by atoms with Gasteiger partial charge in [0, 0.05) is 56.4 Å². The highest BCUT2D eigenvalue weighted by Crippen LogP contribution is 2.20. The number of likely N-dealkylation sites (tertiary alicyclic amines) is 1. The lowest BCUT2D eigenvalue weighted by Crippen LogP contribution is -2.29. The highest BCUT2D eigenvalue weighted by atomic mass is 19.4. The number of alkyl halides is 3. The number of rotatable bonds is 6. The number of carboxylic acid groups (broad SMARTS) is 1. The summed E-state index contributed by atoms with van der Waals surface area (Å²) in [6, 6.07) is 4.02. The van der Waals surface area contributed by atoms with Crippen LogP contribution in [0.25, 0.3) is 11.3 Å². The van der Waals surface area contributed by atoms with Crippen LogP contribution in [-0.2, 0) is 18.4 Å². The van der Waals surface area contributed by atoms with Crippen molar-refractivity contribution in [1.82, 2.24) is 25.0 Å². The Morgan fingerprint density at radius 3 is 2.43 bits per heavy atom. The number of carbonyl (C=O) groups is 1. The van der Waals surface area contributed by atoms with Crippen molar-refractivity contribution in [3.8, 4) is 11.3 Å². The summed E-state index contributed by atoms with van der Waals surface area (Å²) in [7, 11) is 1.97. The van der Waals surface area contributed by atoms with Crippen LogP contribution in [0.4, 0.5) is 13.2 Å². The van der Waals surface area contributed by atoms with Gasteiger partial charge in [-0.25, -0.2) is 4.79 Å². The van der Waals surface area contributed by atoms with E-state index in [-0.39, 0.29) is 0 Å². The van der Waals surface area contributed by atoms with E-state index >= 15 is 0 Å².